The van der Waals surface area contributed by atoms with Crippen LogP contribution >= 0.6 is 36.2 Å². The van der Waals surface area contributed by atoms with Gasteiger partial charge in [0, 0.05) is 18.3 Å². The summed E-state index contributed by atoms with van der Waals surface area (Å²) in [5, 5.41) is 8.38. The summed E-state index contributed by atoms with van der Waals surface area (Å²) in [6, 6.07) is 0. The average molecular weight is 326 g/mol. The minimum absolute atomic E-state index is 0. The number of carbonyl (C=O) groups excluding carboxylic acids is 1. The van der Waals surface area contributed by atoms with Gasteiger partial charge in [-0.3, -0.25) is 4.79 Å². The third-order valence-corrected chi connectivity index (χ3v) is 4.07. The van der Waals surface area contributed by atoms with Crippen LogP contribution in [0.1, 0.15) is 31.9 Å². The van der Waals surface area contributed by atoms with Gasteiger partial charge in [-0.2, -0.15) is 0 Å². The van der Waals surface area contributed by atoms with Crippen LogP contribution in [0.3, 0.4) is 0 Å². The van der Waals surface area contributed by atoms with E-state index < -0.39 is 0 Å². The van der Waals surface area contributed by atoms with Crippen LogP contribution in [0.5, 0.6) is 0 Å². The van der Waals surface area contributed by atoms with Crippen LogP contribution < -0.4 is 10.6 Å². The largest absolute Gasteiger partial charge is 0.354 e. The van der Waals surface area contributed by atoms with E-state index in [0.717, 1.165) is 37.9 Å². The minimum atomic E-state index is -0.317. The van der Waals surface area contributed by atoms with Gasteiger partial charge in [-0.05, 0) is 25.8 Å². The fourth-order valence-corrected chi connectivity index (χ4v) is 2.89. The molecule has 1 amide bonds. The van der Waals surface area contributed by atoms with E-state index >= 15 is 0 Å². The van der Waals surface area contributed by atoms with Crippen LogP contribution in [0.2, 0.25) is 0 Å². The van der Waals surface area contributed by atoms with Crippen molar-refractivity contribution in [2.45, 2.75) is 38.1 Å². The van der Waals surface area contributed by atoms with Crippen LogP contribution in [0, 0.1) is 0 Å². The number of aromatic nitrogens is 1. The first-order valence-electron chi connectivity index (χ1n) is 6.17. The van der Waals surface area contributed by atoms with Crippen molar-refractivity contribution >= 4 is 42.1 Å². The van der Waals surface area contributed by atoms with E-state index in [1.807, 2.05) is 10.9 Å². The number of carbonyl (C=O) groups is 1. The van der Waals surface area contributed by atoms with Gasteiger partial charge in [0.05, 0.1) is 16.7 Å². The number of thiazole rings is 1. The van der Waals surface area contributed by atoms with Gasteiger partial charge < -0.3 is 10.6 Å². The molecule has 4 nitrogen and oxygen atoms in total. The molecule has 2 N–H and O–H groups in total. The van der Waals surface area contributed by atoms with Crippen molar-refractivity contribution in [2.24, 2.45) is 0 Å². The van der Waals surface area contributed by atoms with E-state index in [4.69, 9.17) is 0 Å². The SMILES string of the molecule is CCC1(C(=O)NCCc2cscn2)CCCN1.Cl.Cl. The maximum Gasteiger partial charge on any atom is 0.240 e. The topological polar surface area (TPSA) is 54.0 Å². The molecule has 110 valence electrons. The lowest BCUT2D eigenvalue weighted by Gasteiger charge is -2.26. The first-order chi connectivity index (χ1) is 8.27. The van der Waals surface area contributed by atoms with Crippen LogP contribution in [0.15, 0.2) is 10.9 Å². The molecule has 2 heterocycles. The molecule has 7 heteroatoms. The molecular weight excluding hydrogens is 305 g/mol. The lowest BCUT2D eigenvalue weighted by atomic mass is 9.93. The molecule has 1 aliphatic heterocycles. The van der Waals surface area contributed by atoms with Crippen LogP contribution in [0.25, 0.3) is 0 Å². The zero-order valence-corrected chi connectivity index (χ0v) is 13.4. The second-order valence-corrected chi connectivity index (χ2v) is 5.17. The van der Waals surface area contributed by atoms with Crippen molar-refractivity contribution in [1.82, 2.24) is 15.6 Å². The highest BCUT2D eigenvalue weighted by molar-refractivity contribution is 7.07. The van der Waals surface area contributed by atoms with E-state index in [2.05, 4.69) is 22.5 Å². The van der Waals surface area contributed by atoms with Gasteiger partial charge in [0.1, 0.15) is 0 Å². The highest BCUT2D eigenvalue weighted by Crippen LogP contribution is 2.22. The summed E-state index contributed by atoms with van der Waals surface area (Å²) in [5.74, 6) is 0.146. The van der Waals surface area contributed by atoms with Crippen molar-refractivity contribution in [3.05, 3.63) is 16.6 Å². The Morgan fingerprint density at radius 3 is 2.89 bits per heavy atom. The third kappa shape index (κ3) is 4.60. The van der Waals surface area contributed by atoms with Gasteiger partial charge in [-0.15, -0.1) is 36.2 Å². The smallest absolute Gasteiger partial charge is 0.240 e. The molecule has 0 spiro atoms. The molecule has 19 heavy (non-hydrogen) atoms. The Kier molecular flexibility index (Phi) is 8.57. The number of rotatable bonds is 5. The lowest BCUT2D eigenvalue weighted by molar-refractivity contribution is -0.127. The minimum Gasteiger partial charge on any atom is -0.354 e. The zero-order chi connectivity index (χ0) is 12.1. The van der Waals surface area contributed by atoms with Crippen LogP contribution in [0.4, 0.5) is 0 Å². The molecule has 1 aliphatic rings. The molecule has 0 saturated carbocycles. The predicted molar refractivity (Wildman–Crippen MR) is 83.6 cm³/mol. The zero-order valence-electron chi connectivity index (χ0n) is 11.0. The standard InChI is InChI=1S/C12H19N3OS.2ClH/c1-2-12(5-3-6-15-12)11(16)13-7-4-10-8-17-9-14-10;;/h8-9,15H,2-7H2,1H3,(H,13,16);2*1H. The van der Waals surface area contributed by atoms with E-state index in [-0.39, 0.29) is 36.3 Å². The molecule has 0 aliphatic carbocycles. The van der Waals surface area contributed by atoms with Gasteiger partial charge >= 0.3 is 0 Å². The van der Waals surface area contributed by atoms with Crippen molar-refractivity contribution in [1.29, 1.82) is 0 Å². The molecule has 1 saturated heterocycles. The quantitative estimate of drug-likeness (QED) is 0.872. The van der Waals surface area contributed by atoms with Crippen LogP contribution in [-0.4, -0.2) is 29.5 Å². The Morgan fingerprint density at radius 2 is 2.37 bits per heavy atom. The highest BCUT2D eigenvalue weighted by atomic mass is 35.5. The maximum atomic E-state index is 12.1. The molecule has 0 aromatic carbocycles. The molecule has 2 rings (SSSR count). The summed E-state index contributed by atoms with van der Waals surface area (Å²) in [7, 11) is 0. The molecule has 0 bridgehead atoms. The summed E-state index contributed by atoms with van der Waals surface area (Å²) < 4.78 is 0. The summed E-state index contributed by atoms with van der Waals surface area (Å²) in [4.78, 5) is 16.3. The van der Waals surface area contributed by atoms with Crippen molar-refractivity contribution in [3.8, 4) is 0 Å². The Labute approximate surface area is 130 Å². The molecule has 0 radical (unpaired) electrons. The molecule has 1 aromatic heterocycles. The van der Waals surface area contributed by atoms with Gasteiger partial charge in [-0.1, -0.05) is 6.92 Å². The molecule has 1 aromatic rings. The second kappa shape index (κ2) is 8.74. The Bertz CT molecular complexity index is 367. The lowest BCUT2D eigenvalue weighted by Crippen LogP contribution is -2.53. The van der Waals surface area contributed by atoms with Gasteiger partial charge in [-0.25, -0.2) is 4.98 Å². The van der Waals surface area contributed by atoms with Crippen LogP contribution in [-0.2, 0) is 11.2 Å². The molecule has 1 unspecified atom stereocenters. The fraction of sp³-hybridized carbons (Fsp3) is 0.667. The number of hydrogen-bond acceptors (Lipinski definition) is 4. The summed E-state index contributed by atoms with van der Waals surface area (Å²) in [6.45, 7) is 3.69. The Balaban J connectivity index is 0.00000162. The monoisotopic (exact) mass is 325 g/mol. The average Bonchev–Trinajstić information content (AvgIpc) is 3.00. The number of nitrogens with one attached hydrogen (secondary N) is 2. The van der Waals surface area contributed by atoms with Crippen molar-refractivity contribution in [2.75, 3.05) is 13.1 Å². The van der Waals surface area contributed by atoms with E-state index in [9.17, 15) is 4.79 Å². The first-order valence-corrected chi connectivity index (χ1v) is 7.11. The Morgan fingerprint density at radius 1 is 1.58 bits per heavy atom. The van der Waals surface area contributed by atoms with Gasteiger partial charge in [0.25, 0.3) is 0 Å². The normalized spacial score (nSPS) is 21.3. The summed E-state index contributed by atoms with van der Waals surface area (Å²) in [6.07, 6.45) is 3.71. The van der Waals surface area contributed by atoms with E-state index in [1.165, 1.54) is 0 Å². The molecule has 1 fully saturated rings. The van der Waals surface area contributed by atoms with E-state index in [1.54, 1.807) is 11.3 Å². The maximum absolute atomic E-state index is 12.1. The van der Waals surface area contributed by atoms with Gasteiger partial charge in [0.15, 0.2) is 0 Å². The molecular formula is C12H21Cl2N3OS. The Hall–Kier alpha value is -0.360. The summed E-state index contributed by atoms with van der Waals surface area (Å²) >= 11 is 1.59. The first kappa shape index (κ1) is 18.6. The van der Waals surface area contributed by atoms with Gasteiger partial charge in [0.2, 0.25) is 5.91 Å². The number of amides is 1. The predicted octanol–water partition coefficient (Wildman–Crippen LogP) is 2.18. The molecule has 1 atom stereocenters. The highest BCUT2D eigenvalue weighted by Gasteiger charge is 2.38. The number of hydrogen-bond donors (Lipinski definition) is 2. The van der Waals surface area contributed by atoms with Crippen molar-refractivity contribution < 1.29 is 4.79 Å². The number of halogens is 2. The van der Waals surface area contributed by atoms with E-state index in [0.29, 0.717) is 6.54 Å². The third-order valence-electron chi connectivity index (χ3n) is 3.43. The van der Waals surface area contributed by atoms with Crippen molar-refractivity contribution in [3.63, 3.8) is 0 Å². The fourth-order valence-electron chi connectivity index (χ4n) is 2.30. The second-order valence-electron chi connectivity index (χ2n) is 4.45. The number of nitrogens with zero attached hydrogens (tertiary/aromatic N) is 1. The summed E-state index contributed by atoms with van der Waals surface area (Å²) in [5.41, 5.74) is 2.56.